The lowest BCUT2D eigenvalue weighted by Crippen LogP contribution is -2.48. The van der Waals surface area contributed by atoms with Gasteiger partial charge in [-0.15, -0.1) is 0 Å². The molecule has 0 radical (unpaired) electrons. The van der Waals surface area contributed by atoms with Crippen molar-refractivity contribution in [2.24, 2.45) is 0 Å². The fraction of sp³-hybridized carbons (Fsp3) is 0.241. The molecule has 36 heavy (non-hydrogen) atoms. The predicted octanol–water partition coefficient (Wildman–Crippen LogP) is 4.76. The minimum atomic E-state index is -0.0995. The highest BCUT2D eigenvalue weighted by atomic mass is 32.2. The zero-order valence-corrected chi connectivity index (χ0v) is 21.3. The number of likely N-dealkylation sites (N-methyl/N-ethyl adjacent to an activating group) is 1. The standard InChI is InChI=1S/C29H29N3O3S/c1-30-24-18-23(28(33)32-16-14-31(15-17-32)20-21-8-4-3-5-9-21)12-13-26(24)36-27(29(30)34)19-22-10-6-7-11-25(22)35-2/h3-13,18-19H,14-17,20H2,1-2H3/b27-19-. The first-order chi connectivity index (χ1) is 17.5. The molecule has 2 heterocycles. The van der Waals surface area contributed by atoms with E-state index >= 15 is 0 Å². The molecule has 1 saturated heterocycles. The first kappa shape index (κ1) is 24.2. The second kappa shape index (κ2) is 10.6. The molecule has 3 aromatic carbocycles. The number of para-hydroxylation sites is 1. The van der Waals surface area contributed by atoms with Crippen molar-refractivity contribution in [2.45, 2.75) is 11.4 Å². The SMILES string of the molecule is COc1ccccc1/C=C1\Sc2ccc(C(=O)N3CCN(Cc4ccccc4)CC3)cc2N(C)C1=O. The van der Waals surface area contributed by atoms with Gasteiger partial charge in [-0.2, -0.15) is 0 Å². The number of thioether (sulfide) groups is 1. The van der Waals surface area contributed by atoms with E-state index in [9.17, 15) is 9.59 Å². The molecule has 7 heteroatoms. The predicted molar refractivity (Wildman–Crippen MR) is 144 cm³/mol. The van der Waals surface area contributed by atoms with Gasteiger partial charge in [0.1, 0.15) is 5.75 Å². The topological polar surface area (TPSA) is 53.1 Å². The Morgan fingerprint density at radius 3 is 2.44 bits per heavy atom. The van der Waals surface area contributed by atoms with E-state index < -0.39 is 0 Å². The van der Waals surface area contributed by atoms with Gasteiger partial charge < -0.3 is 14.5 Å². The molecule has 0 spiro atoms. The minimum absolute atomic E-state index is 0.0124. The van der Waals surface area contributed by atoms with Crippen LogP contribution in [0.1, 0.15) is 21.5 Å². The van der Waals surface area contributed by atoms with Gasteiger partial charge in [-0.3, -0.25) is 14.5 Å². The van der Waals surface area contributed by atoms with Crippen LogP contribution in [0.5, 0.6) is 5.75 Å². The number of carbonyl (C=O) groups is 2. The Balaban J connectivity index is 1.29. The molecule has 0 unspecified atom stereocenters. The lowest BCUT2D eigenvalue weighted by atomic mass is 10.1. The summed E-state index contributed by atoms with van der Waals surface area (Å²) in [4.78, 5) is 33.9. The van der Waals surface area contributed by atoms with E-state index in [4.69, 9.17) is 4.74 Å². The second-order valence-electron chi connectivity index (χ2n) is 8.95. The molecule has 184 valence electrons. The zero-order chi connectivity index (χ0) is 25.1. The van der Waals surface area contributed by atoms with Gasteiger partial charge in [0, 0.05) is 55.8 Å². The Morgan fingerprint density at radius 2 is 1.69 bits per heavy atom. The van der Waals surface area contributed by atoms with Crippen molar-refractivity contribution in [2.75, 3.05) is 45.2 Å². The molecule has 2 aliphatic rings. The smallest absolute Gasteiger partial charge is 0.264 e. The molecule has 0 saturated carbocycles. The van der Waals surface area contributed by atoms with Gasteiger partial charge >= 0.3 is 0 Å². The summed E-state index contributed by atoms with van der Waals surface area (Å²) >= 11 is 1.42. The number of ether oxygens (including phenoxy) is 1. The molecule has 0 bridgehead atoms. The van der Waals surface area contributed by atoms with E-state index in [1.807, 2.05) is 59.5 Å². The van der Waals surface area contributed by atoms with Gasteiger partial charge in [-0.25, -0.2) is 0 Å². The maximum atomic E-state index is 13.3. The molecule has 0 atom stereocenters. The average Bonchev–Trinajstić information content (AvgIpc) is 2.92. The first-order valence-corrected chi connectivity index (χ1v) is 12.9. The van der Waals surface area contributed by atoms with Crippen LogP contribution in [0.2, 0.25) is 0 Å². The summed E-state index contributed by atoms with van der Waals surface area (Å²) in [6.45, 7) is 3.97. The summed E-state index contributed by atoms with van der Waals surface area (Å²) in [6.07, 6.45) is 1.86. The van der Waals surface area contributed by atoms with Crippen LogP contribution in [-0.4, -0.2) is 62.0 Å². The van der Waals surface area contributed by atoms with E-state index in [2.05, 4.69) is 29.2 Å². The van der Waals surface area contributed by atoms with E-state index in [1.165, 1.54) is 17.3 Å². The van der Waals surface area contributed by atoms with Crippen molar-refractivity contribution in [1.82, 2.24) is 9.80 Å². The lowest BCUT2D eigenvalue weighted by Gasteiger charge is -2.35. The van der Waals surface area contributed by atoms with E-state index in [0.717, 1.165) is 41.5 Å². The Morgan fingerprint density at radius 1 is 0.972 bits per heavy atom. The number of rotatable bonds is 5. The quantitative estimate of drug-likeness (QED) is 0.474. The Hall–Kier alpha value is -3.55. The van der Waals surface area contributed by atoms with Crippen LogP contribution < -0.4 is 9.64 Å². The highest BCUT2D eigenvalue weighted by molar-refractivity contribution is 8.04. The normalized spacial score (nSPS) is 17.3. The Kier molecular flexibility index (Phi) is 7.11. The summed E-state index contributed by atoms with van der Waals surface area (Å²) in [5.74, 6) is 0.632. The third-order valence-electron chi connectivity index (χ3n) is 6.64. The monoisotopic (exact) mass is 499 g/mol. The summed E-state index contributed by atoms with van der Waals surface area (Å²) in [7, 11) is 3.38. The first-order valence-electron chi connectivity index (χ1n) is 12.0. The van der Waals surface area contributed by atoms with Gasteiger partial charge in [0.2, 0.25) is 0 Å². The summed E-state index contributed by atoms with van der Waals surface area (Å²) < 4.78 is 5.43. The summed E-state index contributed by atoms with van der Waals surface area (Å²) in [5, 5.41) is 0. The van der Waals surface area contributed by atoms with Gasteiger partial charge in [0.15, 0.2) is 0 Å². The molecule has 3 aromatic rings. The largest absolute Gasteiger partial charge is 0.496 e. The molecular weight excluding hydrogens is 470 g/mol. The number of hydrogen-bond acceptors (Lipinski definition) is 5. The van der Waals surface area contributed by atoms with Crippen LogP contribution in [0.4, 0.5) is 5.69 Å². The molecule has 0 N–H and O–H groups in total. The molecule has 0 aliphatic carbocycles. The van der Waals surface area contributed by atoms with Crippen molar-refractivity contribution < 1.29 is 14.3 Å². The van der Waals surface area contributed by atoms with Gasteiger partial charge in [-0.05, 0) is 35.9 Å². The van der Waals surface area contributed by atoms with Crippen LogP contribution >= 0.6 is 11.8 Å². The fourth-order valence-corrected chi connectivity index (χ4v) is 5.67. The van der Waals surface area contributed by atoms with Gasteiger partial charge in [0.05, 0.1) is 17.7 Å². The molecule has 5 rings (SSSR count). The van der Waals surface area contributed by atoms with Crippen molar-refractivity contribution in [1.29, 1.82) is 0 Å². The lowest BCUT2D eigenvalue weighted by molar-refractivity contribution is -0.114. The minimum Gasteiger partial charge on any atom is -0.496 e. The number of fused-ring (bicyclic) bond motifs is 1. The molecular formula is C29H29N3O3S. The van der Waals surface area contributed by atoms with E-state index in [0.29, 0.717) is 23.6 Å². The van der Waals surface area contributed by atoms with E-state index in [1.54, 1.807) is 19.1 Å². The number of benzene rings is 3. The fourth-order valence-electron chi connectivity index (χ4n) is 4.59. The maximum absolute atomic E-state index is 13.3. The number of carbonyl (C=O) groups excluding carboxylic acids is 2. The van der Waals surface area contributed by atoms with Crippen LogP contribution in [0.15, 0.2) is 82.6 Å². The molecule has 0 aromatic heterocycles. The van der Waals surface area contributed by atoms with Crippen LogP contribution in [0.3, 0.4) is 0 Å². The molecule has 6 nitrogen and oxygen atoms in total. The number of nitrogens with zero attached hydrogens (tertiary/aromatic N) is 3. The molecule has 1 fully saturated rings. The maximum Gasteiger partial charge on any atom is 0.264 e. The third kappa shape index (κ3) is 5.03. The number of piperazine rings is 1. The van der Waals surface area contributed by atoms with Crippen LogP contribution in [-0.2, 0) is 11.3 Å². The van der Waals surface area contributed by atoms with Crippen molar-refractivity contribution in [3.05, 3.63) is 94.4 Å². The van der Waals surface area contributed by atoms with Crippen molar-refractivity contribution in [3.8, 4) is 5.75 Å². The Labute approximate surface area is 216 Å². The second-order valence-corrected chi connectivity index (χ2v) is 10.0. The number of methoxy groups -OCH3 is 1. The number of hydrogen-bond donors (Lipinski definition) is 0. The summed E-state index contributed by atoms with van der Waals surface area (Å²) in [6, 6.07) is 23.7. The highest BCUT2D eigenvalue weighted by Gasteiger charge is 2.29. The van der Waals surface area contributed by atoms with Crippen molar-refractivity contribution >= 4 is 35.3 Å². The van der Waals surface area contributed by atoms with E-state index in [-0.39, 0.29) is 11.8 Å². The van der Waals surface area contributed by atoms with Crippen LogP contribution in [0, 0.1) is 0 Å². The Bertz CT molecular complexity index is 1300. The molecule has 2 aliphatic heterocycles. The number of amides is 2. The zero-order valence-electron chi connectivity index (χ0n) is 20.5. The number of anilines is 1. The highest BCUT2D eigenvalue weighted by Crippen LogP contribution is 2.42. The van der Waals surface area contributed by atoms with Gasteiger partial charge in [-0.1, -0.05) is 60.3 Å². The van der Waals surface area contributed by atoms with Gasteiger partial charge in [0.25, 0.3) is 11.8 Å². The molecule has 2 amide bonds. The third-order valence-corrected chi connectivity index (χ3v) is 7.71. The summed E-state index contributed by atoms with van der Waals surface area (Å²) in [5.41, 5.74) is 3.51. The average molecular weight is 500 g/mol. The van der Waals surface area contributed by atoms with Crippen LogP contribution in [0.25, 0.3) is 6.08 Å². The van der Waals surface area contributed by atoms with Crippen molar-refractivity contribution in [3.63, 3.8) is 0 Å².